The minimum atomic E-state index is 0.565. The summed E-state index contributed by atoms with van der Waals surface area (Å²) in [5, 5.41) is 6.30. The summed E-state index contributed by atoms with van der Waals surface area (Å²) in [6.45, 7) is 1.95. The van der Waals surface area contributed by atoms with E-state index in [0.29, 0.717) is 5.69 Å². The molecule has 0 bridgehead atoms. The normalized spacial score (nSPS) is 11.2. The number of aromatic nitrogens is 4. The summed E-state index contributed by atoms with van der Waals surface area (Å²) < 4.78 is 3.67. The van der Waals surface area contributed by atoms with E-state index in [-0.39, 0.29) is 0 Å². The zero-order chi connectivity index (χ0) is 12.0. The van der Waals surface area contributed by atoms with Crippen LogP contribution in [0.15, 0.2) is 17.6 Å². The van der Waals surface area contributed by atoms with E-state index in [4.69, 9.17) is 0 Å². The average Bonchev–Trinajstić information content (AvgIpc) is 2.92. The third-order valence-corrected chi connectivity index (χ3v) is 3.50. The number of imidazole rings is 1. The zero-order valence-corrected chi connectivity index (χ0v) is 10.2. The summed E-state index contributed by atoms with van der Waals surface area (Å²) >= 11 is 1.51. The minimum Gasteiger partial charge on any atom is -0.296 e. The predicted molar refractivity (Wildman–Crippen MR) is 65.4 cm³/mol. The Morgan fingerprint density at radius 1 is 1.41 bits per heavy atom. The topological polar surface area (TPSA) is 52.2 Å². The zero-order valence-electron chi connectivity index (χ0n) is 9.41. The smallest absolute Gasteiger partial charge is 0.194 e. The van der Waals surface area contributed by atoms with Crippen molar-refractivity contribution in [1.82, 2.24) is 19.2 Å². The van der Waals surface area contributed by atoms with Crippen LogP contribution in [0.5, 0.6) is 0 Å². The maximum absolute atomic E-state index is 11.0. The van der Waals surface area contributed by atoms with E-state index in [1.54, 1.807) is 6.20 Å². The van der Waals surface area contributed by atoms with E-state index in [1.807, 2.05) is 34.5 Å². The minimum absolute atomic E-state index is 0.565. The Labute approximate surface area is 101 Å². The van der Waals surface area contributed by atoms with Gasteiger partial charge in [0.15, 0.2) is 11.2 Å². The van der Waals surface area contributed by atoms with Gasteiger partial charge in [-0.25, -0.2) is 4.98 Å². The van der Waals surface area contributed by atoms with Gasteiger partial charge in [0.2, 0.25) is 0 Å². The number of thiazole rings is 1. The fourth-order valence-corrected chi connectivity index (χ4v) is 2.81. The predicted octanol–water partition coefficient (Wildman–Crippen LogP) is 1.92. The van der Waals surface area contributed by atoms with Crippen LogP contribution in [-0.2, 0) is 7.05 Å². The molecule has 0 saturated heterocycles. The Morgan fingerprint density at radius 2 is 2.24 bits per heavy atom. The molecular weight excluding hydrogens is 236 g/mol. The van der Waals surface area contributed by atoms with Crippen LogP contribution in [0.2, 0.25) is 0 Å². The number of hydrogen-bond donors (Lipinski definition) is 0. The maximum atomic E-state index is 11.0. The van der Waals surface area contributed by atoms with Crippen LogP contribution in [-0.4, -0.2) is 25.5 Å². The number of rotatable bonds is 2. The Bertz CT molecular complexity index is 706. The molecule has 0 aliphatic rings. The van der Waals surface area contributed by atoms with Gasteiger partial charge in [0.25, 0.3) is 0 Å². The van der Waals surface area contributed by atoms with Crippen LogP contribution in [0.4, 0.5) is 0 Å². The molecule has 3 heterocycles. The van der Waals surface area contributed by atoms with Crippen molar-refractivity contribution in [2.24, 2.45) is 7.05 Å². The van der Waals surface area contributed by atoms with Crippen LogP contribution >= 0.6 is 11.3 Å². The van der Waals surface area contributed by atoms with Crippen LogP contribution in [0.3, 0.4) is 0 Å². The van der Waals surface area contributed by atoms with Crippen molar-refractivity contribution < 1.29 is 4.79 Å². The number of carbonyl (C=O) groups is 1. The lowest BCUT2D eigenvalue weighted by atomic mass is 10.3. The molecule has 0 aliphatic carbocycles. The third kappa shape index (κ3) is 1.41. The first-order chi connectivity index (χ1) is 8.20. The second kappa shape index (κ2) is 3.53. The van der Waals surface area contributed by atoms with Crippen LogP contribution < -0.4 is 0 Å². The average molecular weight is 246 g/mol. The molecule has 0 atom stereocenters. The van der Waals surface area contributed by atoms with Gasteiger partial charge in [-0.05, 0) is 13.0 Å². The number of aryl methyl sites for hydroxylation is 2. The summed E-state index contributed by atoms with van der Waals surface area (Å²) in [7, 11) is 1.89. The molecule has 5 nitrogen and oxygen atoms in total. The number of carbonyl (C=O) groups excluding carboxylic acids is 1. The molecule has 0 N–H and O–H groups in total. The molecule has 3 rings (SSSR count). The molecule has 0 spiro atoms. The highest BCUT2D eigenvalue weighted by Gasteiger charge is 2.14. The molecule has 0 unspecified atom stereocenters. The molecule has 0 aromatic carbocycles. The first kappa shape index (κ1) is 10.2. The summed E-state index contributed by atoms with van der Waals surface area (Å²) in [6.07, 6.45) is 2.41. The first-order valence-electron chi connectivity index (χ1n) is 5.12. The Kier molecular flexibility index (Phi) is 2.12. The summed E-state index contributed by atoms with van der Waals surface area (Å²) in [4.78, 5) is 16.0. The Balaban J connectivity index is 2.33. The van der Waals surface area contributed by atoms with Crippen LogP contribution in [0, 0.1) is 6.92 Å². The van der Waals surface area contributed by atoms with Crippen molar-refractivity contribution in [1.29, 1.82) is 0 Å². The molecule has 86 valence electrons. The van der Waals surface area contributed by atoms with Gasteiger partial charge in [-0.1, -0.05) is 0 Å². The molecule has 17 heavy (non-hydrogen) atoms. The van der Waals surface area contributed by atoms with Crippen molar-refractivity contribution in [3.05, 3.63) is 29.0 Å². The van der Waals surface area contributed by atoms with E-state index < -0.39 is 0 Å². The van der Waals surface area contributed by atoms with Gasteiger partial charge < -0.3 is 0 Å². The van der Waals surface area contributed by atoms with Gasteiger partial charge >= 0.3 is 0 Å². The Morgan fingerprint density at radius 3 is 2.88 bits per heavy atom. The molecule has 0 radical (unpaired) electrons. The highest BCUT2D eigenvalue weighted by molar-refractivity contribution is 7.15. The number of hydrogen-bond acceptors (Lipinski definition) is 4. The second-order valence-corrected chi connectivity index (χ2v) is 4.67. The number of aldehydes is 1. The standard InChI is InChI=1S/C11H10N4OS/c1-7-3-9(14(2)13-7)10-6-17-11-12-4-8(5-16)15(10)11/h3-6H,1-2H3. The monoisotopic (exact) mass is 246 g/mol. The molecule has 0 aliphatic heterocycles. The fraction of sp³-hybridized carbons (Fsp3) is 0.182. The lowest BCUT2D eigenvalue weighted by molar-refractivity contribution is 0.111. The first-order valence-corrected chi connectivity index (χ1v) is 6.00. The van der Waals surface area contributed by atoms with Gasteiger partial charge in [0, 0.05) is 12.4 Å². The van der Waals surface area contributed by atoms with Crippen molar-refractivity contribution >= 4 is 22.6 Å². The molecule has 3 aromatic heterocycles. The fourth-order valence-electron chi connectivity index (χ4n) is 1.94. The molecule has 0 amide bonds. The largest absolute Gasteiger partial charge is 0.296 e. The quantitative estimate of drug-likeness (QED) is 0.649. The molecule has 0 saturated carbocycles. The summed E-state index contributed by atoms with van der Waals surface area (Å²) in [5.74, 6) is 0. The van der Waals surface area contributed by atoms with E-state index >= 15 is 0 Å². The highest BCUT2D eigenvalue weighted by atomic mass is 32.1. The van der Waals surface area contributed by atoms with E-state index in [9.17, 15) is 4.79 Å². The molecule has 6 heteroatoms. The highest BCUT2D eigenvalue weighted by Crippen LogP contribution is 2.26. The van der Waals surface area contributed by atoms with E-state index in [1.165, 1.54) is 11.3 Å². The lowest BCUT2D eigenvalue weighted by Gasteiger charge is -2.00. The van der Waals surface area contributed by atoms with Crippen molar-refractivity contribution in [2.45, 2.75) is 6.92 Å². The number of fused-ring (bicyclic) bond motifs is 1. The maximum Gasteiger partial charge on any atom is 0.194 e. The summed E-state index contributed by atoms with van der Waals surface area (Å²) in [5.41, 5.74) is 3.45. The van der Waals surface area contributed by atoms with Crippen LogP contribution in [0.25, 0.3) is 16.3 Å². The van der Waals surface area contributed by atoms with Gasteiger partial charge in [-0.15, -0.1) is 11.3 Å². The van der Waals surface area contributed by atoms with Gasteiger partial charge in [-0.3, -0.25) is 13.9 Å². The van der Waals surface area contributed by atoms with Gasteiger partial charge in [0.05, 0.1) is 23.3 Å². The molecule has 0 fully saturated rings. The Hall–Kier alpha value is -1.95. The molecule has 3 aromatic rings. The number of nitrogens with zero attached hydrogens (tertiary/aromatic N) is 4. The second-order valence-electron chi connectivity index (χ2n) is 3.83. The van der Waals surface area contributed by atoms with E-state index in [0.717, 1.165) is 28.3 Å². The van der Waals surface area contributed by atoms with Gasteiger partial charge in [0.1, 0.15) is 5.69 Å². The SMILES string of the molecule is Cc1cc(-c2csc3ncc(C=O)n23)n(C)n1. The third-order valence-electron chi connectivity index (χ3n) is 2.66. The van der Waals surface area contributed by atoms with Crippen molar-refractivity contribution in [3.8, 4) is 11.4 Å². The van der Waals surface area contributed by atoms with Crippen molar-refractivity contribution in [3.63, 3.8) is 0 Å². The van der Waals surface area contributed by atoms with Crippen molar-refractivity contribution in [2.75, 3.05) is 0 Å². The van der Waals surface area contributed by atoms with Gasteiger partial charge in [-0.2, -0.15) is 5.10 Å². The molecular formula is C11H10N4OS. The summed E-state index contributed by atoms with van der Waals surface area (Å²) in [6, 6.07) is 2.00. The van der Waals surface area contributed by atoms with Crippen LogP contribution in [0.1, 0.15) is 16.2 Å². The lowest BCUT2D eigenvalue weighted by Crippen LogP contribution is -1.97. The van der Waals surface area contributed by atoms with E-state index in [2.05, 4.69) is 10.1 Å².